The number of anilines is 1. The number of aryl methyl sites for hydroxylation is 1. The number of aliphatic imine (C=N–C) groups is 1. The van der Waals surface area contributed by atoms with Gasteiger partial charge < -0.3 is 26.6 Å². The number of hydrogen-bond acceptors (Lipinski definition) is 6. The Morgan fingerprint density at radius 3 is 2.69 bits per heavy atom. The van der Waals surface area contributed by atoms with Gasteiger partial charge in [0, 0.05) is 41.8 Å². The van der Waals surface area contributed by atoms with Gasteiger partial charge in [0.25, 0.3) is 5.91 Å². The summed E-state index contributed by atoms with van der Waals surface area (Å²) >= 11 is 0. The molecule has 2 rings (SSSR count). The average molecular weight is 396 g/mol. The lowest BCUT2D eigenvalue weighted by Gasteiger charge is -2.19. The Labute approximate surface area is 171 Å². The summed E-state index contributed by atoms with van der Waals surface area (Å²) in [5.41, 5.74) is 15.8. The Kier molecular flexibility index (Phi) is 7.79. The quantitative estimate of drug-likeness (QED) is 0.403. The van der Waals surface area contributed by atoms with Crippen LogP contribution in [0, 0.1) is 6.92 Å². The second-order valence-corrected chi connectivity index (χ2v) is 6.61. The van der Waals surface area contributed by atoms with Crippen LogP contribution in [0.2, 0.25) is 0 Å². The molecule has 0 aliphatic rings. The maximum Gasteiger partial charge on any atom is 0.252 e. The van der Waals surface area contributed by atoms with E-state index in [-0.39, 0.29) is 25.2 Å². The second-order valence-electron chi connectivity index (χ2n) is 6.61. The SMILES string of the molecule is CN=C/C(=C\N)c1cc(C(C)NC(=O)c2cc(N)ccc2C)ccc1OCCO. The maximum absolute atomic E-state index is 12.7. The van der Waals surface area contributed by atoms with E-state index in [1.807, 2.05) is 32.0 Å². The van der Waals surface area contributed by atoms with E-state index < -0.39 is 0 Å². The lowest BCUT2D eigenvalue weighted by Crippen LogP contribution is -2.27. The van der Waals surface area contributed by atoms with Gasteiger partial charge in [-0.15, -0.1) is 0 Å². The van der Waals surface area contributed by atoms with E-state index in [1.165, 1.54) is 6.20 Å². The predicted molar refractivity (Wildman–Crippen MR) is 117 cm³/mol. The van der Waals surface area contributed by atoms with Gasteiger partial charge in [0.1, 0.15) is 12.4 Å². The molecule has 0 radical (unpaired) electrons. The Morgan fingerprint density at radius 2 is 2.03 bits per heavy atom. The Bertz CT molecular complexity index is 922. The van der Waals surface area contributed by atoms with Gasteiger partial charge in [-0.3, -0.25) is 9.79 Å². The van der Waals surface area contributed by atoms with Crippen LogP contribution in [0.15, 0.2) is 47.6 Å². The third-order valence-corrected chi connectivity index (χ3v) is 4.47. The fraction of sp³-hybridized carbons (Fsp3) is 0.273. The zero-order chi connectivity index (χ0) is 21.4. The summed E-state index contributed by atoms with van der Waals surface area (Å²) in [7, 11) is 1.65. The number of nitrogens with two attached hydrogens (primary N) is 2. The van der Waals surface area contributed by atoms with Crippen LogP contribution in [0.25, 0.3) is 5.57 Å². The van der Waals surface area contributed by atoms with E-state index in [0.29, 0.717) is 22.6 Å². The molecule has 2 aromatic carbocycles. The number of aliphatic hydroxyl groups excluding tert-OH is 1. The summed E-state index contributed by atoms with van der Waals surface area (Å²) in [4.78, 5) is 16.7. The molecule has 0 aliphatic carbocycles. The van der Waals surface area contributed by atoms with Gasteiger partial charge in [0.05, 0.1) is 12.6 Å². The van der Waals surface area contributed by atoms with E-state index in [9.17, 15) is 4.79 Å². The highest BCUT2D eigenvalue weighted by Crippen LogP contribution is 2.29. The predicted octanol–water partition coefficient (Wildman–Crippen LogP) is 2.44. The van der Waals surface area contributed by atoms with Crippen molar-refractivity contribution in [3.05, 3.63) is 64.9 Å². The van der Waals surface area contributed by atoms with Crippen molar-refractivity contribution in [1.29, 1.82) is 0 Å². The molecule has 0 aromatic heterocycles. The molecule has 7 heteroatoms. The number of carbonyl (C=O) groups excluding carboxylic acids is 1. The number of hydrogen-bond donors (Lipinski definition) is 4. The molecular weight excluding hydrogens is 368 g/mol. The van der Waals surface area contributed by atoms with Crippen LogP contribution in [-0.4, -0.2) is 37.5 Å². The average Bonchev–Trinajstić information content (AvgIpc) is 2.72. The van der Waals surface area contributed by atoms with Crippen LogP contribution < -0.4 is 21.5 Å². The van der Waals surface area contributed by atoms with E-state index in [0.717, 1.165) is 16.7 Å². The lowest BCUT2D eigenvalue weighted by molar-refractivity contribution is 0.0939. The summed E-state index contributed by atoms with van der Waals surface area (Å²) in [6.45, 7) is 3.82. The number of nitrogens with zero attached hydrogens (tertiary/aromatic N) is 1. The summed E-state index contributed by atoms with van der Waals surface area (Å²) in [5, 5.41) is 12.1. The lowest BCUT2D eigenvalue weighted by atomic mass is 9.99. The number of aliphatic hydroxyl groups is 1. The van der Waals surface area contributed by atoms with Gasteiger partial charge in [-0.25, -0.2) is 0 Å². The fourth-order valence-electron chi connectivity index (χ4n) is 2.91. The standard InChI is InChI=1S/C22H28N4O3/c1-14-4-6-18(24)11-19(14)22(28)26-15(2)16-5-7-21(29-9-8-27)20(10-16)17(12-23)13-25-3/h4-7,10-13,15,27H,8-9,23-24H2,1-3H3,(H,26,28)/b17-12+,25-13?. The van der Waals surface area contributed by atoms with Crippen molar-refractivity contribution in [2.45, 2.75) is 19.9 Å². The van der Waals surface area contributed by atoms with Crippen LogP contribution in [0.1, 0.15) is 40.0 Å². The van der Waals surface area contributed by atoms with Crippen molar-refractivity contribution < 1.29 is 14.6 Å². The van der Waals surface area contributed by atoms with E-state index in [1.54, 1.807) is 31.5 Å². The molecule has 29 heavy (non-hydrogen) atoms. The molecule has 0 heterocycles. The Balaban J connectivity index is 2.33. The van der Waals surface area contributed by atoms with E-state index in [4.69, 9.17) is 21.3 Å². The first-order chi connectivity index (χ1) is 13.9. The van der Waals surface area contributed by atoms with Gasteiger partial charge in [-0.05, 0) is 49.2 Å². The second kappa shape index (κ2) is 10.3. The molecule has 0 bridgehead atoms. The fourth-order valence-corrected chi connectivity index (χ4v) is 2.91. The smallest absolute Gasteiger partial charge is 0.252 e. The molecule has 2 aromatic rings. The van der Waals surface area contributed by atoms with Crippen LogP contribution >= 0.6 is 0 Å². The highest BCUT2D eigenvalue weighted by Gasteiger charge is 2.16. The Hall–Kier alpha value is -3.32. The van der Waals surface area contributed by atoms with Gasteiger partial charge in [0.15, 0.2) is 0 Å². The minimum Gasteiger partial charge on any atom is -0.491 e. The summed E-state index contributed by atoms with van der Waals surface area (Å²) in [5.74, 6) is 0.374. The number of ether oxygens (including phenoxy) is 1. The van der Waals surface area contributed by atoms with Crippen molar-refractivity contribution >= 4 is 23.4 Å². The van der Waals surface area contributed by atoms with Crippen molar-refractivity contribution in [2.75, 3.05) is 26.0 Å². The molecule has 1 amide bonds. The zero-order valence-electron chi connectivity index (χ0n) is 17.0. The van der Waals surface area contributed by atoms with E-state index >= 15 is 0 Å². The molecular formula is C22H28N4O3. The molecule has 1 atom stereocenters. The van der Waals surface area contributed by atoms with Crippen LogP contribution in [-0.2, 0) is 0 Å². The molecule has 0 aliphatic heterocycles. The van der Waals surface area contributed by atoms with Gasteiger partial charge >= 0.3 is 0 Å². The van der Waals surface area contributed by atoms with Gasteiger partial charge in [-0.2, -0.15) is 0 Å². The van der Waals surface area contributed by atoms with Gasteiger partial charge in [-0.1, -0.05) is 12.1 Å². The first kappa shape index (κ1) is 22.0. The first-order valence-electron chi connectivity index (χ1n) is 9.30. The summed E-state index contributed by atoms with van der Waals surface area (Å²) in [6.07, 6.45) is 3.07. The van der Waals surface area contributed by atoms with Crippen molar-refractivity contribution in [3.63, 3.8) is 0 Å². The molecule has 0 fully saturated rings. The molecule has 154 valence electrons. The van der Waals surface area contributed by atoms with Crippen LogP contribution in [0.5, 0.6) is 5.75 Å². The topological polar surface area (TPSA) is 123 Å². The first-order valence-corrected chi connectivity index (χ1v) is 9.30. The molecule has 0 spiro atoms. The number of carbonyl (C=O) groups is 1. The number of rotatable bonds is 8. The zero-order valence-corrected chi connectivity index (χ0v) is 17.0. The number of benzene rings is 2. The molecule has 0 saturated carbocycles. The highest BCUT2D eigenvalue weighted by atomic mass is 16.5. The van der Waals surface area contributed by atoms with Crippen molar-refractivity contribution in [3.8, 4) is 5.75 Å². The van der Waals surface area contributed by atoms with Gasteiger partial charge in [0.2, 0.25) is 0 Å². The normalized spacial score (nSPS) is 12.8. The monoisotopic (exact) mass is 396 g/mol. The number of nitrogens with one attached hydrogen (secondary N) is 1. The number of amides is 1. The molecule has 1 unspecified atom stereocenters. The minimum atomic E-state index is -0.272. The van der Waals surface area contributed by atoms with Crippen LogP contribution in [0.4, 0.5) is 5.69 Å². The number of allylic oxidation sites excluding steroid dienone is 1. The van der Waals surface area contributed by atoms with Crippen molar-refractivity contribution in [1.82, 2.24) is 5.32 Å². The maximum atomic E-state index is 12.7. The summed E-state index contributed by atoms with van der Waals surface area (Å²) in [6, 6.07) is 10.5. The largest absolute Gasteiger partial charge is 0.491 e. The van der Waals surface area contributed by atoms with Crippen LogP contribution in [0.3, 0.4) is 0 Å². The Morgan fingerprint density at radius 1 is 1.28 bits per heavy atom. The third kappa shape index (κ3) is 5.58. The van der Waals surface area contributed by atoms with E-state index in [2.05, 4.69) is 10.3 Å². The molecule has 0 saturated heterocycles. The number of nitrogen functional groups attached to an aromatic ring is 1. The third-order valence-electron chi connectivity index (χ3n) is 4.47. The van der Waals surface area contributed by atoms with Crippen molar-refractivity contribution in [2.24, 2.45) is 10.7 Å². The summed E-state index contributed by atoms with van der Waals surface area (Å²) < 4.78 is 5.62. The molecule has 7 nitrogen and oxygen atoms in total. The highest BCUT2D eigenvalue weighted by molar-refractivity contribution is 6.10. The minimum absolute atomic E-state index is 0.100. The molecule has 6 N–H and O–H groups in total.